The second-order valence-corrected chi connectivity index (χ2v) is 7.79. The highest BCUT2D eigenvalue weighted by Crippen LogP contribution is 1.98. The van der Waals surface area contributed by atoms with Crippen molar-refractivity contribution in [2.24, 2.45) is 11.5 Å². The van der Waals surface area contributed by atoms with Crippen molar-refractivity contribution in [3.05, 3.63) is 0 Å². The predicted octanol–water partition coefficient (Wildman–Crippen LogP) is -4.20. The number of carbonyl (C=O) groups excluding carboxylic acids is 6. The number of unbranched alkanes of at least 4 members (excludes halogenated alkanes) is 1. The number of aldehydes is 1. The molecular formula is C20H35N7O8. The van der Waals surface area contributed by atoms with Gasteiger partial charge in [-0.2, -0.15) is 0 Å². The molecule has 0 saturated carbocycles. The molecule has 0 aliphatic heterocycles. The second-order valence-electron chi connectivity index (χ2n) is 7.79. The minimum atomic E-state index is -1.53. The molecule has 15 heteroatoms. The van der Waals surface area contributed by atoms with E-state index in [4.69, 9.17) is 16.6 Å². The van der Waals surface area contributed by atoms with Crippen LogP contribution in [0.3, 0.4) is 0 Å². The molecule has 0 fully saturated rings. The van der Waals surface area contributed by atoms with Gasteiger partial charge in [0.1, 0.15) is 12.3 Å². The van der Waals surface area contributed by atoms with Gasteiger partial charge in [0.05, 0.1) is 38.1 Å². The van der Waals surface area contributed by atoms with Crippen LogP contribution < -0.4 is 32.7 Å². The molecule has 15 nitrogen and oxygen atoms in total. The highest BCUT2D eigenvalue weighted by atomic mass is 16.4. The first-order chi connectivity index (χ1) is 16.4. The average molecular weight is 502 g/mol. The van der Waals surface area contributed by atoms with Gasteiger partial charge in [-0.05, 0) is 32.7 Å². The Hall–Kier alpha value is -3.59. The zero-order valence-corrected chi connectivity index (χ0v) is 19.9. The Labute approximate surface area is 202 Å². The largest absolute Gasteiger partial charge is 0.481 e. The van der Waals surface area contributed by atoms with Gasteiger partial charge >= 0.3 is 5.97 Å². The molecule has 0 unspecified atom stereocenters. The van der Waals surface area contributed by atoms with E-state index in [0.717, 1.165) is 4.90 Å². The SMILES string of the molecule is C[C@H](N)C(=O)N(C)CC(=O)NCC(=O)N[C@@H](CC(=O)O)C(=O)NCC(=O)N[C@H](C=O)CCCCN. The number of amides is 5. The summed E-state index contributed by atoms with van der Waals surface area (Å²) in [7, 11) is 1.35. The smallest absolute Gasteiger partial charge is 0.305 e. The lowest BCUT2D eigenvalue weighted by Gasteiger charge is -2.19. The van der Waals surface area contributed by atoms with Crippen LogP contribution in [0.1, 0.15) is 32.6 Å². The van der Waals surface area contributed by atoms with Crippen molar-refractivity contribution in [1.82, 2.24) is 26.2 Å². The van der Waals surface area contributed by atoms with Gasteiger partial charge in [0.25, 0.3) is 0 Å². The van der Waals surface area contributed by atoms with Crippen molar-refractivity contribution in [2.45, 2.75) is 50.7 Å². The molecule has 0 radical (unpaired) electrons. The van der Waals surface area contributed by atoms with Gasteiger partial charge in [-0.25, -0.2) is 0 Å². The van der Waals surface area contributed by atoms with E-state index in [1.54, 1.807) is 0 Å². The van der Waals surface area contributed by atoms with Crippen LogP contribution in [0.5, 0.6) is 0 Å². The summed E-state index contributed by atoms with van der Waals surface area (Å²) in [6, 6.07) is -3.10. The second kappa shape index (κ2) is 16.9. The summed E-state index contributed by atoms with van der Waals surface area (Å²) in [5.74, 6) is -5.05. The van der Waals surface area contributed by atoms with E-state index in [2.05, 4.69) is 21.3 Å². The van der Waals surface area contributed by atoms with Gasteiger partial charge in [0, 0.05) is 7.05 Å². The third kappa shape index (κ3) is 14.3. The van der Waals surface area contributed by atoms with E-state index >= 15 is 0 Å². The zero-order chi connectivity index (χ0) is 27.0. The Kier molecular flexibility index (Phi) is 15.2. The van der Waals surface area contributed by atoms with Gasteiger partial charge in [-0.1, -0.05) is 0 Å². The number of hydrogen-bond donors (Lipinski definition) is 7. The number of carboxylic acid groups (broad SMARTS) is 1. The van der Waals surface area contributed by atoms with E-state index in [9.17, 15) is 33.6 Å². The van der Waals surface area contributed by atoms with Gasteiger partial charge in [0.15, 0.2) is 0 Å². The molecule has 0 saturated heterocycles. The molecule has 0 heterocycles. The molecule has 0 aliphatic rings. The Bertz CT molecular complexity index is 775. The van der Waals surface area contributed by atoms with Crippen LogP contribution in [0.15, 0.2) is 0 Å². The van der Waals surface area contributed by atoms with Crippen molar-refractivity contribution in [2.75, 3.05) is 33.2 Å². The van der Waals surface area contributed by atoms with Crippen LogP contribution >= 0.6 is 0 Å². The molecule has 0 aliphatic carbocycles. The van der Waals surface area contributed by atoms with Crippen molar-refractivity contribution in [1.29, 1.82) is 0 Å². The third-order valence-corrected chi connectivity index (χ3v) is 4.53. The maximum Gasteiger partial charge on any atom is 0.305 e. The number of nitrogens with two attached hydrogens (primary N) is 2. The maximum atomic E-state index is 12.3. The standard InChI is InChI=1S/C20H35N7O8/c1-12(22)20(35)27(2)10-17(31)23-8-16(30)26-14(7-18(32)33)19(34)24-9-15(29)25-13(11-28)5-3-4-6-21/h11-14H,3-10,21-22H2,1-2H3,(H,23,31)(H,24,34)(H,25,29)(H,26,30)(H,32,33)/t12-,13-,14-/m0/s1. The highest BCUT2D eigenvalue weighted by Gasteiger charge is 2.25. The van der Waals surface area contributed by atoms with Crippen LogP contribution in [0.2, 0.25) is 0 Å². The molecule has 0 rings (SSSR count). The summed E-state index contributed by atoms with van der Waals surface area (Å²) >= 11 is 0. The fourth-order valence-electron chi connectivity index (χ4n) is 2.74. The third-order valence-electron chi connectivity index (χ3n) is 4.53. The summed E-state index contributed by atoms with van der Waals surface area (Å²) in [6.07, 6.45) is 1.44. The van der Waals surface area contributed by atoms with Gasteiger partial charge in [0.2, 0.25) is 29.5 Å². The number of aliphatic carboxylic acids is 1. The van der Waals surface area contributed by atoms with Crippen molar-refractivity contribution in [3.8, 4) is 0 Å². The first kappa shape index (κ1) is 31.4. The Balaban J connectivity index is 4.70. The number of nitrogens with one attached hydrogen (secondary N) is 4. The maximum absolute atomic E-state index is 12.3. The molecule has 0 bridgehead atoms. The number of rotatable bonds is 17. The Morgan fingerprint density at radius 2 is 1.57 bits per heavy atom. The van der Waals surface area contributed by atoms with E-state index in [1.165, 1.54) is 14.0 Å². The molecule has 5 amide bonds. The van der Waals surface area contributed by atoms with E-state index in [0.29, 0.717) is 32.1 Å². The van der Waals surface area contributed by atoms with Crippen LogP contribution in [0.25, 0.3) is 0 Å². The van der Waals surface area contributed by atoms with Gasteiger partial charge in [-0.3, -0.25) is 28.8 Å². The summed E-state index contributed by atoms with van der Waals surface area (Å²) < 4.78 is 0. The number of carboxylic acids is 1. The summed E-state index contributed by atoms with van der Waals surface area (Å²) in [4.78, 5) is 83.1. The molecule has 0 spiro atoms. The topological polar surface area (TPSA) is 243 Å². The minimum absolute atomic E-state index is 0.365. The minimum Gasteiger partial charge on any atom is -0.481 e. The van der Waals surface area contributed by atoms with Crippen molar-refractivity contribution >= 4 is 41.8 Å². The molecule has 9 N–H and O–H groups in total. The van der Waals surface area contributed by atoms with Crippen molar-refractivity contribution in [3.63, 3.8) is 0 Å². The van der Waals surface area contributed by atoms with E-state index in [-0.39, 0.29) is 6.54 Å². The lowest BCUT2D eigenvalue weighted by Crippen LogP contribution is -2.53. The number of hydrogen-bond acceptors (Lipinski definition) is 9. The fourth-order valence-corrected chi connectivity index (χ4v) is 2.74. The summed E-state index contributed by atoms with van der Waals surface area (Å²) in [6.45, 7) is 0.386. The fraction of sp³-hybridized carbons (Fsp3) is 0.650. The Morgan fingerprint density at radius 3 is 2.11 bits per heavy atom. The molecule has 3 atom stereocenters. The molecule has 0 aromatic carbocycles. The summed E-state index contributed by atoms with van der Waals surface area (Å²) in [5, 5.41) is 18.0. The monoisotopic (exact) mass is 501 g/mol. The lowest BCUT2D eigenvalue weighted by atomic mass is 10.1. The predicted molar refractivity (Wildman–Crippen MR) is 122 cm³/mol. The summed E-state index contributed by atoms with van der Waals surface area (Å²) in [5.41, 5.74) is 10.8. The molecule has 198 valence electrons. The lowest BCUT2D eigenvalue weighted by molar-refractivity contribution is -0.140. The molecule has 35 heavy (non-hydrogen) atoms. The first-order valence-electron chi connectivity index (χ1n) is 10.9. The van der Waals surface area contributed by atoms with Crippen LogP contribution in [0, 0.1) is 0 Å². The number of likely N-dealkylation sites (N-methyl/N-ethyl adjacent to an activating group) is 1. The normalized spacial score (nSPS) is 12.9. The van der Waals surface area contributed by atoms with Crippen LogP contribution in [-0.4, -0.2) is 103 Å². The highest BCUT2D eigenvalue weighted by molar-refractivity contribution is 5.94. The first-order valence-corrected chi connectivity index (χ1v) is 10.9. The zero-order valence-electron chi connectivity index (χ0n) is 19.9. The number of carbonyl (C=O) groups is 7. The van der Waals surface area contributed by atoms with Gasteiger partial charge < -0.3 is 47.5 Å². The quantitative estimate of drug-likeness (QED) is 0.0748. The molecule has 0 aromatic rings. The molecular weight excluding hydrogens is 466 g/mol. The van der Waals surface area contributed by atoms with E-state index in [1.807, 2.05) is 0 Å². The Morgan fingerprint density at radius 1 is 0.971 bits per heavy atom. The van der Waals surface area contributed by atoms with Crippen molar-refractivity contribution < 1.29 is 38.7 Å². The molecule has 0 aromatic heterocycles. The van der Waals surface area contributed by atoms with Gasteiger partial charge in [-0.15, -0.1) is 0 Å². The van der Waals surface area contributed by atoms with Crippen LogP contribution in [0.4, 0.5) is 0 Å². The number of nitrogens with zero attached hydrogens (tertiary/aromatic N) is 1. The van der Waals surface area contributed by atoms with Crippen LogP contribution in [-0.2, 0) is 33.6 Å². The average Bonchev–Trinajstić information content (AvgIpc) is 2.79. The van der Waals surface area contributed by atoms with E-state index < -0.39 is 73.1 Å².